The molecule has 0 aliphatic carbocycles. The van der Waals surface area contributed by atoms with Crippen molar-refractivity contribution in [2.45, 2.75) is 158 Å². The molecular weight excluding hydrogens is 692 g/mol. The van der Waals surface area contributed by atoms with Gasteiger partial charge in [0.05, 0.1) is 12.5 Å². The zero-order chi connectivity index (χ0) is 40.0. The number of allylic oxidation sites excluding steroid dienone is 1. The number of esters is 1. The summed E-state index contributed by atoms with van der Waals surface area (Å²) in [6, 6.07) is 14.8. The van der Waals surface area contributed by atoms with Gasteiger partial charge in [0.25, 0.3) is 0 Å². The van der Waals surface area contributed by atoms with Gasteiger partial charge in [-0.2, -0.15) is 0 Å². The van der Waals surface area contributed by atoms with Crippen LogP contribution in [0.3, 0.4) is 0 Å². The molecule has 0 amide bonds. The third-order valence-corrected chi connectivity index (χ3v) is 10.5. The third-order valence-electron chi connectivity index (χ3n) is 10.3. The van der Waals surface area contributed by atoms with Gasteiger partial charge in [-0.05, 0) is 112 Å². The van der Waals surface area contributed by atoms with Crippen LogP contribution in [0.4, 0.5) is 0 Å². The molecule has 1 aliphatic heterocycles. The second-order valence-corrected chi connectivity index (χ2v) is 15.3. The summed E-state index contributed by atoms with van der Waals surface area (Å²) < 4.78 is 16.5. The van der Waals surface area contributed by atoms with E-state index in [1.165, 1.54) is 70.6 Å². The number of unbranched alkanes of at least 4 members (excludes halogenated alkanes) is 10. The van der Waals surface area contributed by atoms with Crippen molar-refractivity contribution in [3.05, 3.63) is 98.1 Å². The van der Waals surface area contributed by atoms with Crippen LogP contribution in [0.2, 0.25) is 5.02 Å². The molecule has 0 fully saturated rings. The molecule has 1 unspecified atom stereocenters. The highest BCUT2D eigenvalue weighted by atomic mass is 35.5. The van der Waals surface area contributed by atoms with Crippen molar-refractivity contribution >= 4 is 28.9 Å². The van der Waals surface area contributed by atoms with Gasteiger partial charge >= 0.3 is 5.97 Å². The fourth-order valence-electron chi connectivity index (χ4n) is 6.88. The second kappa shape index (κ2) is 25.6. The fraction of sp³-hybridized carbons (Fsp3) is 0.542. The molecule has 0 aromatic heterocycles. The number of ether oxygens (including phenoxy) is 3. The Balaban J connectivity index is 0.000000531. The molecule has 0 saturated heterocycles. The predicted molar refractivity (Wildman–Crippen MR) is 229 cm³/mol. The Hall–Kier alpha value is -3.41. The summed E-state index contributed by atoms with van der Waals surface area (Å²) in [5.74, 6) is 1.17. The van der Waals surface area contributed by atoms with Gasteiger partial charge in [-0.15, -0.1) is 0 Å². The van der Waals surface area contributed by atoms with E-state index in [0.717, 1.165) is 63.1 Å². The molecule has 4 rings (SSSR count). The fourth-order valence-corrected chi connectivity index (χ4v) is 7.01. The highest BCUT2D eigenvalue weighted by Crippen LogP contribution is 2.42. The summed E-state index contributed by atoms with van der Waals surface area (Å²) in [4.78, 5) is 26.5. The Bertz CT molecular complexity index is 1610. The van der Waals surface area contributed by atoms with E-state index in [4.69, 9.17) is 21.1 Å². The average Bonchev–Trinajstić information content (AvgIpc) is 3.15. The largest absolute Gasteiger partial charge is 0.490 e. The Morgan fingerprint density at radius 2 is 1.30 bits per heavy atom. The lowest BCUT2D eigenvalue weighted by Gasteiger charge is -2.29. The summed E-state index contributed by atoms with van der Waals surface area (Å²) in [6.07, 6.45) is 18.2. The topological polar surface area (TPSA) is 61.8 Å². The number of aryl methyl sites for hydroxylation is 1. The number of ketones is 1. The third kappa shape index (κ3) is 15.4. The number of carbonyl (C=O) groups is 2. The number of carbonyl (C=O) groups excluding carboxylic acids is 2. The number of halogens is 1. The Morgan fingerprint density at radius 3 is 1.83 bits per heavy atom. The lowest BCUT2D eigenvalue weighted by atomic mass is 9.90. The van der Waals surface area contributed by atoms with Crippen LogP contribution in [0.15, 0.2) is 54.1 Å². The van der Waals surface area contributed by atoms with Crippen molar-refractivity contribution in [3.63, 3.8) is 0 Å². The van der Waals surface area contributed by atoms with Crippen molar-refractivity contribution < 1.29 is 23.8 Å². The van der Waals surface area contributed by atoms with Gasteiger partial charge in [-0.25, -0.2) is 0 Å². The molecule has 0 saturated carbocycles. The summed E-state index contributed by atoms with van der Waals surface area (Å²) in [5, 5.41) is 0.584. The highest BCUT2D eigenvalue weighted by Gasteiger charge is 2.26. The number of rotatable bonds is 17. The quantitative estimate of drug-likeness (QED) is 0.0593. The van der Waals surface area contributed by atoms with Gasteiger partial charge in [0.15, 0.2) is 5.78 Å². The van der Waals surface area contributed by atoms with Gasteiger partial charge in [0.2, 0.25) is 0 Å². The maximum atomic E-state index is 13.5. The van der Waals surface area contributed by atoms with Crippen LogP contribution in [-0.2, 0) is 16.0 Å². The summed E-state index contributed by atoms with van der Waals surface area (Å²) in [6.45, 7) is 16.6. The number of Topliss-reactive ketones (excluding diaryl/α,β-unsaturated/α-hetero) is 1. The first-order valence-corrected chi connectivity index (χ1v) is 20.7. The van der Waals surface area contributed by atoms with E-state index in [2.05, 4.69) is 25.5 Å². The zero-order valence-electron chi connectivity index (χ0n) is 35.2. The molecule has 1 atom stereocenters. The standard InChI is InChI=1S/C33H35ClO4.C13H28.C2H6O/c1-19-9-7-8-10-27(19)29(20(2)17-30(35)25-12-14-26(34)15-13-25)18-31(36)38-32-22(4)23(5)33-28(24(32)6)16-11-21(3)37-33;1-3-5-7-9-11-13-12-10-8-6-4-2;1-3-2/h7-10,12-15,21H,11,16-18H2,1-6H3;3-13H2,1-2H3;1-2H3/b29-20-;;. The SMILES string of the molecule is C/C(CC(=O)c1ccc(Cl)cc1)=C(\CC(=O)Oc1c(C)c(C)c2c(c1C)CCC(C)O2)c1ccccc1C.CCCCCCCCCCCCC.COC. The van der Waals surface area contributed by atoms with Crippen LogP contribution in [-0.4, -0.2) is 32.1 Å². The van der Waals surface area contributed by atoms with Crippen LogP contribution in [0.5, 0.6) is 11.5 Å². The zero-order valence-corrected chi connectivity index (χ0v) is 36.0. The van der Waals surface area contributed by atoms with Crippen LogP contribution in [0.1, 0.15) is 161 Å². The normalized spacial score (nSPS) is 13.6. The number of hydrogen-bond acceptors (Lipinski definition) is 5. The Morgan fingerprint density at radius 1 is 0.759 bits per heavy atom. The van der Waals surface area contributed by atoms with Crippen LogP contribution in [0.25, 0.3) is 5.57 Å². The van der Waals surface area contributed by atoms with Gasteiger partial charge in [-0.1, -0.05) is 126 Å². The van der Waals surface area contributed by atoms with Crippen molar-refractivity contribution in [1.82, 2.24) is 0 Å². The minimum Gasteiger partial charge on any atom is -0.490 e. The second-order valence-electron chi connectivity index (χ2n) is 14.9. The van der Waals surface area contributed by atoms with Crippen molar-refractivity contribution in [1.29, 1.82) is 0 Å². The van der Waals surface area contributed by atoms with Crippen molar-refractivity contribution in [3.8, 4) is 11.5 Å². The van der Waals surface area contributed by atoms with E-state index in [-0.39, 0.29) is 30.7 Å². The molecule has 6 heteroatoms. The van der Waals surface area contributed by atoms with E-state index in [1.807, 2.05) is 58.9 Å². The van der Waals surface area contributed by atoms with Crippen molar-refractivity contribution in [2.75, 3.05) is 14.2 Å². The molecule has 1 aliphatic rings. The number of fused-ring (bicyclic) bond motifs is 1. The molecular formula is C48H69ClO5. The van der Waals surface area contributed by atoms with Crippen molar-refractivity contribution in [2.24, 2.45) is 0 Å². The first-order chi connectivity index (χ1) is 25.9. The molecule has 298 valence electrons. The van der Waals surface area contributed by atoms with Gasteiger partial charge < -0.3 is 14.2 Å². The molecule has 0 radical (unpaired) electrons. The minimum atomic E-state index is -0.350. The monoisotopic (exact) mass is 760 g/mol. The van der Waals surface area contributed by atoms with E-state index in [0.29, 0.717) is 16.3 Å². The lowest BCUT2D eigenvalue weighted by Crippen LogP contribution is -2.22. The molecule has 54 heavy (non-hydrogen) atoms. The summed E-state index contributed by atoms with van der Waals surface area (Å²) in [7, 11) is 3.25. The first-order valence-electron chi connectivity index (χ1n) is 20.3. The number of hydrogen-bond donors (Lipinski definition) is 0. The predicted octanol–water partition coefficient (Wildman–Crippen LogP) is 13.9. The first kappa shape index (κ1) is 46.7. The highest BCUT2D eigenvalue weighted by molar-refractivity contribution is 6.30. The van der Waals surface area contributed by atoms with Crippen LogP contribution in [0, 0.1) is 27.7 Å². The molecule has 0 spiro atoms. The van der Waals surface area contributed by atoms with E-state index >= 15 is 0 Å². The van der Waals surface area contributed by atoms with E-state index in [1.54, 1.807) is 38.5 Å². The molecule has 5 nitrogen and oxygen atoms in total. The van der Waals surface area contributed by atoms with E-state index in [9.17, 15) is 9.59 Å². The van der Waals surface area contributed by atoms with Gasteiger partial charge in [-0.3, -0.25) is 9.59 Å². The van der Waals surface area contributed by atoms with Crippen LogP contribution >= 0.6 is 11.6 Å². The molecule has 0 N–H and O–H groups in total. The summed E-state index contributed by atoms with van der Waals surface area (Å²) in [5.41, 5.74) is 8.24. The number of methoxy groups -OCH3 is 1. The average molecular weight is 762 g/mol. The lowest BCUT2D eigenvalue weighted by molar-refractivity contribution is -0.133. The van der Waals surface area contributed by atoms with Crippen LogP contribution < -0.4 is 9.47 Å². The maximum Gasteiger partial charge on any atom is 0.315 e. The Labute approximate surface area is 333 Å². The summed E-state index contributed by atoms with van der Waals surface area (Å²) >= 11 is 5.99. The number of benzene rings is 3. The van der Waals surface area contributed by atoms with Gasteiger partial charge in [0.1, 0.15) is 11.5 Å². The molecule has 1 heterocycles. The smallest absolute Gasteiger partial charge is 0.315 e. The molecule has 3 aromatic rings. The Kier molecular flexibility index (Phi) is 22.2. The minimum absolute atomic E-state index is 0.0233. The van der Waals surface area contributed by atoms with E-state index < -0.39 is 0 Å². The molecule has 3 aromatic carbocycles. The maximum absolute atomic E-state index is 13.5. The van der Waals surface area contributed by atoms with Gasteiger partial charge in [0, 0.05) is 36.8 Å². The molecule has 0 bridgehead atoms.